The number of ether oxygens (including phenoxy) is 5. The highest BCUT2D eigenvalue weighted by atomic mass is 16.7. The molecule has 208 valence electrons. The highest BCUT2D eigenvalue weighted by Crippen LogP contribution is 2.33. The van der Waals surface area contributed by atoms with E-state index < -0.39 is 11.9 Å². The number of benzene rings is 3. The lowest BCUT2D eigenvalue weighted by atomic mass is 10.1. The van der Waals surface area contributed by atoms with Crippen LogP contribution in [0.15, 0.2) is 60.7 Å². The van der Waals surface area contributed by atoms with E-state index >= 15 is 0 Å². The van der Waals surface area contributed by atoms with Crippen LogP contribution in [0.4, 0.5) is 0 Å². The van der Waals surface area contributed by atoms with Gasteiger partial charge in [-0.1, -0.05) is 18.2 Å². The number of methoxy groups -OCH3 is 2. The van der Waals surface area contributed by atoms with Crippen LogP contribution in [-0.2, 0) is 29.1 Å². The summed E-state index contributed by atoms with van der Waals surface area (Å²) < 4.78 is 27.7. The Kier molecular flexibility index (Phi) is 10.8. The van der Waals surface area contributed by atoms with Crippen molar-refractivity contribution in [1.29, 1.82) is 0 Å². The summed E-state index contributed by atoms with van der Waals surface area (Å²) in [4.78, 5) is 20.6. The number of fused-ring (bicyclic) bond motifs is 1. The molecule has 1 aliphatic rings. The van der Waals surface area contributed by atoms with Crippen molar-refractivity contribution >= 4 is 11.9 Å². The third-order valence-electron chi connectivity index (χ3n) is 5.86. The second kappa shape index (κ2) is 14.5. The van der Waals surface area contributed by atoms with Crippen molar-refractivity contribution in [2.24, 2.45) is 0 Å². The molecule has 39 heavy (non-hydrogen) atoms. The molecule has 0 aromatic heterocycles. The van der Waals surface area contributed by atoms with Crippen LogP contribution in [0.1, 0.15) is 23.6 Å². The van der Waals surface area contributed by atoms with Gasteiger partial charge in [0.1, 0.15) is 17.2 Å². The smallest absolute Gasteiger partial charge is 0.414 e. The maximum Gasteiger partial charge on any atom is 0.414 e. The van der Waals surface area contributed by atoms with Crippen LogP contribution in [0, 0.1) is 0 Å². The zero-order valence-electron chi connectivity index (χ0n) is 22.2. The minimum atomic E-state index is -1.82. The first kappa shape index (κ1) is 29.1. The Hall–Kier alpha value is -4.44. The third-order valence-corrected chi connectivity index (χ3v) is 5.86. The van der Waals surface area contributed by atoms with Gasteiger partial charge in [-0.05, 0) is 66.9 Å². The molecule has 0 amide bonds. The molecule has 0 bridgehead atoms. The minimum Gasteiger partial charge on any atom is -0.497 e. The highest BCUT2D eigenvalue weighted by molar-refractivity contribution is 6.27. The van der Waals surface area contributed by atoms with Gasteiger partial charge in [-0.3, -0.25) is 4.90 Å². The van der Waals surface area contributed by atoms with E-state index in [1.807, 2.05) is 43.3 Å². The number of aliphatic carboxylic acids is 2. The predicted octanol–water partition coefficient (Wildman–Crippen LogP) is 4.23. The highest BCUT2D eigenvalue weighted by Gasteiger charge is 2.16. The molecule has 1 aliphatic heterocycles. The number of hydrogen-bond donors (Lipinski definition) is 2. The molecule has 4 rings (SSSR count). The quantitative estimate of drug-likeness (QED) is 0.342. The zero-order chi connectivity index (χ0) is 28.2. The van der Waals surface area contributed by atoms with Gasteiger partial charge in [0.15, 0.2) is 11.5 Å². The molecule has 3 aromatic rings. The Morgan fingerprint density at radius 2 is 1.49 bits per heavy atom. The maximum atomic E-state index is 9.10. The summed E-state index contributed by atoms with van der Waals surface area (Å²) in [6.45, 7) is 5.35. The van der Waals surface area contributed by atoms with E-state index in [9.17, 15) is 0 Å². The summed E-state index contributed by atoms with van der Waals surface area (Å²) in [6.07, 6.45) is 0.889. The van der Waals surface area contributed by atoms with E-state index in [1.165, 1.54) is 11.1 Å². The second-order valence-corrected chi connectivity index (χ2v) is 8.51. The van der Waals surface area contributed by atoms with Gasteiger partial charge in [-0.25, -0.2) is 9.59 Å². The average Bonchev–Trinajstić information content (AvgIpc) is 3.41. The van der Waals surface area contributed by atoms with Crippen molar-refractivity contribution in [3.63, 3.8) is 0 Å². The van der Waals surface area contributed by atoms with Crippen molar-refractivity contribution in [3.8, 4) is 28.7 Å². The van der Waals surface area contributed by atoms with E-state index in [-0.39, 0.29) is 6.79 Å². The fourth-order valence-electron chi connectivity index (χ4n) is 3.96. The molecule has 0 aliphatic carbocycles. The van der Waals surface area contributed by atoms with E-state index in [4.69, 9.17) is 43.5 Å². The van der Waals surface area contributed by atoms with Gasteiger partial charge >= 0.3 is 11.9 Å². The lowest BCUT2D eigenvalue weighted by Crippen LogP contribution is -2.25. The van der Waals surface area contributed by atoms with Crippen LogP contribution in [-0.4, -0.2) is 61.2 Å². The first-order valence-corrected chi connectivity index (χ1v) is 12.3. The van der Waals surface area contributed by atoms with Gasteiger partial charge in [0, 0.05) is 25.2 Å². The van der Waals surface area contributed by atoms with Gasteiger partial charge in [0.05, 0.1) is 20.8 Å². The molecule has 0 saturated carbocycles. The van der Waals surface area contributed by atoms with Crippen LogP contribution < -0.4 is 23.7 Å². The first-order chi connectivity index (χ1) is 18.8. The topological polar surface area (TPSA) is 124 Å². The summed E-state index contributed by atoms with van der Waals surface area (Å²) in [5.41, 5.74) is 3.54. The van der Waals surface area contributed by atoms with Crippen molar-refractivity contribution in [2.75, 3.05) is 34.2 Å². The molecule has 0 unspecified atom stereocenters. The molecule has 3 aromatic carbocycles. The van der Waals surface area contributed by atoms with Crippen LogP contribution in [0.25, 0.3) is 0 Å². The molecule has 0 atom stereocenters. The van der Waals surface area contributed by atoms with Gasteiger partial charge in [-0.15, -0.1) is 0 Å². The van der Waals surface area contributed by atoms with Crippen molar-refractivity contribution < 1.29 is 43.5 Å². The average molecular weight is 540 g/mol. The fourth-order valence-corrected chi connectivity index (χ4v) is 3.96. The Morgan fingerprint density at radius 1 is 0.821 bits per heavy atom. The summed E-state index contributed by atoms with van der Waals surface area (Å²) in [5, 5.41) is 14.8. The molecule has 2 N–H and O–H groups in total. The number of hydrogen-bond acceptors (Lipinski definition) is 8. The molecule has 1 heterocycles. The molecule has 0 radical (unpaired) electrons. The van der Waals surface area contributed by atoms with E-state index in [1.54, 1.807) is 14.2 Å². The van der Waals surface area contributed by atoms with E-state index in [0.717, 1.165) is 60.4 Å². The largest absolute Gasteiger partial charge is 0.497 e. The fraction of sp³-hybridized carbons (Fsp3) is 0.310. The zero-order valence-corrected chi connectivity index (χ0v) is 22.2. The summed E-state index contributed by atoms with van der Waals surface area (Å²) >= 11 is 0. The Labute approximate surface area is 227 Å². The minimum absolute atomic E-state index is 0.290. The van der Waals surface area contributed by atoms with Crippen LogP contribution in [0.3, 0.4) is 0 Å². The normalized spacial score (nSPS) is 11.4. The number of carboxylic acid groups (broad SMARTS) is 2. The van der Waals surface area contributed by atoms with Gasteiger partial charge in [0.2, 0.25) is 6.79 Å². The molecule has 0 saturated heterocycles. The monoisotopic (exact) mass is 539 g/mol. The third kappa shape index (κ3) is 8.82. The van der Waals surface area contributed by atoms with Crippen LogP contribution >= 0.6 is 0 Å². The number of carbonyl (C=O) groups is 2. The molecule has 0 spiro atoms. The Bertz CT molecular complexity index is 1230. The number of nitrogens with zero attached hydrogens (tertiary/aromatic N) is 1. The van der Waals surface area contributed by atoms with E-state index in [2.05, 4.69) is 29.2 Å². The summed E-state index contributed by atoms with van der Waals surface area (Å²) in [7, 11) is 3.39. The molecule has 10 heteroatoms. The number of rotatable bonds is 11. The Balaban J connectivity index is 0.000000631. The van der Waals surface area contributed by atoms with E-state index in [0.29, 0.717) is 6.61 Å². The number of carboxylic acids is 2. The first-order valence-electron chi connectivity index (χ1n) is 12.3. The van der Waals surface area contributed by atoms with Crippen molar-refractivity contribution in [2.45, 2.75) is 26.4 Å². The summed E-state index contributed by atoms with van der Waals surface area (Å²) in [5.74, 6) is 0.553. The van der Waals surface area contributed by atoms with Gasteiger partial charge in [-0.2, -0.15) is 0 Å². The molecular formula is C29H33NO9. The SMILES string of the molecule is CCOc1ccc(CN(CCc2ccc3c(c2)OCO3)Cc2cc(OC)ccc2OC)cc1.O=C(O)C(=O)O. The van der Waals surface area contributed by atoms with Gasteiger partial charge in [0.25, 0.3) is 0 Å². The van der Waals surface area contributed by atoms with Crippen molar-refractivity contribution in [1.82, 2.24) is 4.90 Å². The lowest BCUT2D eigenvalue weighted by Gasteiger charge is -2.24. The second-order valence-electron chi connectivity index (χ2n) is 8.51. The predicted molar refractivity (Wildman–Crippen MR) is 143 cm³/mol. The summed E-state index contributed by atoms with van der Waals surface area (Å²) in [6, 6.07) is 20.4. The van der Waals surface area contributed by atoms with Crippen molar-refractivity contribution in [3.05, 3.63) is 77.4 Å². The maximum absolute atomic E-state index is 9.10. The Morgan fingerprint density at radius 3 is 2.13 bits per heavy atom. The standard InChI is InChI=1S/C27H31NO5.C2H2O4/c1-4-31-23-8-5-21(6-9-23)17-28(18-22-16-24(29-2)10-12-25(22)30-3)14-13-20-7-11-26-27(15-20)33-19-32-26;3-1(4)2(5)6/h5-12,15-16H,4,13-14,17-19H2,1-3H3;(H,3,4)(H,5,6). The van der Waals surface area contributed by atoms with Crippen LogP contribution in [0.2, 0.25) is 0 Å². The molecule has 10 nitrogen and oxygen atoms in total. The molecular weight excluding hydrogens is 506 g/mol. The lowest BCUT2D eigenvalue weighted by molar-refractivity contribution is -0.159. The van der Waals surface area contributed by atoms with Crippen LogP contribution in [0.5, 0.6) is 28.7 Å². The van der Waals surface area contributed by atoms with Gasteiger partial charge < -0.3 is 33.9 Å². The molecule has 0 fully saturated rings.